The van der Waals surface area contributed by atoms with Crippen molar-refractivity contribution in [2.24, 2.45) is 0 Å². The standard InChI is InChI=1S/C14H20N2O5/c1-4-5-6-10(13(17)18)15-11-8-7-9(14(19)21-3)12(16-11)20-2/h7-8,10H,4-6H2,1-3H3,(H,15,16)(H,17,18)/t10-/m0/s1. The van der Waals surface area contributed by atoms with E-state index in [0.29, 0.717) is 12.2 Å². The smallest absolute Gasteiger partial charge is 0.343 e. The number of carbonyl (C=O) groups excluding carboxylic acids is 1. The number of nitrogens with zero attached hydrogens (tertiary/aromatic N) is 1. The van der Waals surface area contributed by atoms with E-state index < -0.39 is 18.0 Å². The molecule has 0 saturated carbocycles. The average molecular weight is 296 g/mol. The number of aromatic nitrogens is 1. The lowest BCUT2D eigenvalue weighted by Gasteiger charge is -2.15. The molecule has 1 aromatic rings. The molecule has 0 bridgehead atoms. The monoisotopic (exact) mass is 296 g/mol. The lowest BCUT2D eigenvalue weighted by atomic mass is 10.1. The van der Waals surface area contributed by atoms with Crippen molar-refractivity contribution >= 4 is 17.8 Å². The third-order valence-corrected chi connectivity index (χ3v) is 2.93. The van der Waals surface area contributed by atoms with Gasteiger partial charge in [-0.25, -0.2) is 9.59 Å². The average Bonchev–Trinajstić information content (AvgIpc) is 2.50. The summed E-state index contributed by atoms with van der Waals surface area (Å²) in [5.74, 6) is -1.08. The first-order valence-corrected chi connectivity index (χ1v) is 6.66. The van der Waals surface area contributed by atoms with Crippen LogP contribution in [0.25, 0.3) is 0 Å². The topological polar surface area (TPSA) is 97.8 Å². The zero-order chi connectivity index (χ0) is 15.8. The Morgan fingerprint density at radius 3 is 2.62 bits per heavy atom. The Labute approximate surface area is 123 Å². The summed E-state index contributed by atoms with van der Waals surface area (Å²) in [4.78, 5) is 26.8. The number of unbranched alkanes of at least 4 members (excludes halogenated alkanes) is 1. The molecule has 0 saturated heterocycles. The predicted molar refractivity (Wildman–Crippen MR) is 76.7 cm³/mol. The van der Waals surface area contributed by atoms with Gasteiger partial charge >= 0.3 is 11.9 Å². The zero-order valence-corrected chi connectivity index (χ0v) is 12.4. The largest absolute Gasteiger partial charge is 0.480 e. The molecule has 116 valence electrons. The quantitative estimate of drug-likeness (QED) is 0.707. The van der Waals surface area contributed by atoms with E-state index in [2.05, 4.69) is 15.0 Å². The SMILES string of the molecule is CCCC[C@H](Nc1ccc(C(=O)OC)c(OC)n1)C(=O)O. The van der Waals surface area contributed by atoms with E-state index in [0.717, 1.165) is 12.8 Å². The molecule has 7 heteroatoms. The first-order chi connectivity index (χ1) is 10.0. The summed E-state index contributed by atoms with van der Waals surface area (Å²) in [7, 11) is 2.64. The highest BCUT2D eigenvalue weighted by Gasteiger charge is 2.19. The van der Waals surface area contributed by atoms with Gasteiger partial charge in [-0.1, -0.05) is 19.8 Å². The summed E-state index contributed by atoms with van der Waals surface area (Å²) in [5, 5.41) is 12.0. The van der Waals surface area contributed by atoms with E-state index >= 15 is 0 Å². The summed E-state index contributed by atoms with van der Waals surface area (Å²) in [6.45, 7) is 1.99. The van der Waals surface area contributed by atoms with Gasteiger partial charge < -0.3 is 19.9 Å². The van der Waals surface area contributed by atoms with E-state index in [1.54, 1.807) is 0 Å². The van der Waals surface area contributed by atoms with Crippen molar-refractivity contribution in [3.05, 3.63) is 17.7 Å². The van der Waals surface area contributed by atoms with Crippen molar-refractivity contribution in [3.63, 3.8) is 0 Å². The van der Waals surface area contributed by atoms with Crippen molar-refractivity contribution in [1.29, 1.82) is 0 Å². The number of carbonyl (C=O) groups is 2. The van der Waals surface area contributed by atoms with Crippen LogP contribution in [-0.4, -0.2) is 42.3 Å². The summed E-state index contributed by atoms with van der Waals surface area (Å²) in [6.07, 6.45) is 2.19. The van der Waals surface area contributed by atoms with Crippen LogP contribution in [0.4, 0.5) is 5.82 Å². The fourth-order valence-electron chi connectivity index (χ4n) is 1.79. The number of ether oxygens (including phenoxy) is 2. The number of rotatable bonds is 8. The maximum atomic E-state index is 11.5. The minimum absolute atomic E-state index is 0.0893. The lowest BCUT2D eigenvalue weighted by molar-refractivity contribution is -0.138. The number of anilines is 1. The van der Waals surface area contributed by atoms with Crippen LogP contribution in [0.5, 0.6) is 5.88 Å². The van der Waals surface area contributed by atoms with Crippen molar-refractivity contribution in [1.82, 2.24) is 4.98 Å². The molecule has 1 atom stereocenters. The molecule has 21 heavy (non-hydrogen) atoms. The maximum absolute atomic E-state index is 11.5. The number of carboxylic acid groups (broad SMARTS) is 1. The van der Waals surface area contributed by atoms with E-state index in [-0.39, 0.29) is 11.4 Å². The number of esters is 1. The van der Waals surface area contributed by atoms with Crippen LogP contribution in [-0.2, 0) is 9.53 Å². The lowest BCUT2D eigenvalue weighted by Crippen LogP contribution is -2.29. The number of pyridine rings is 1. The van der Waals surface area contributed by atoms with Crippen molar-refractivity contribution < 1.29 is 24.2 Å². The van der Waals surface area contributed by atoms with Gasteiger partial charge in [0.15, 0.2) is 0 Å². The van der Waals surface area contributed by atoms with Gasteiger partial charge in [0.05, 0.1) is 14.2 Å². The number of aliphatic carboxylic acids is 1. The molecule has 0 aliphatic heterocycles. The molecule has 2 N–H and O–H groups in total. The van der Waals surface area contributed by atoms with E-state index in [1.807, 2.05) is 6.92 Å². The zero-order valence-electron chi connectivity index (χ0n) is 12.4. The Bertz CT molecular complexity index is 504. The third kappa shape index (κ3) is 4.62. The van der Waals surface area contributed by atoms with Crippen LogP contribution in [0.3, 0.4) is 0 Å². The van der Waals surface area contributed by atoms with Crippen molar-refractivity contribution in [3.8, 4) is 5.88 Å². The maximum Gasteiger partial charge on any atom is 0.343 e. The summed E-state index contributed by atoms with van der Waals surface area (Å²) >= 11 is 0. The first kappa shape index (κ1) is 16.7. The van der Waals surface area contributed by atoms with Crippen LogP contribution in [0.1, 0.15) is 36.5 Å². The molecule has 0 radical (unpaired) electrons. The van der Waals surface area contributed by atoms with E-state index in [4.69, 9.17) is 4.74 Å². The van der Waals surface area contributed by atoms with Crippen LogP contribution in [0.2, 0.25) is 0 Å². The van der Waals surface area contributed by atoms with Gasteiger partial charge in [-0.3, -0.25) is 0 Å². The molecular weight excluding hydrogens is 276 g/mol. The summed E-state index contributed by atoms with van der Waals surface area (Å²) in [5.41, 5.74) is 0.186. The Balaban J connectivity index is 2.92. The Morgan fingerprint density at radius 2 is 2.10 bits per heavy atom. The van der Waals surface area contributed by atoms with Crippen molar-refractivity contribution in [2.75, 3.05) is 19.5 Å². The van der Waals surface area contributed by atoms with Gasteiger partial charge in [0, 0.05) is 0 Å². The highest BCUT2D eigenvalue weighted by atomic mass is 16.5. The minimum atomic E-state index is -0.943. The normalized spacial score (nSPS) is 11.6. The van der Waals surface area contributed by atoms with Gasteiger partial charge in [0.1, 0.15) is 17.4 Å². The highest BCUT2D eigenvalue weighted by Crippen LogP contribution is 2.20. The molecule has 0 aromatic carbocycles. The molecule has 7 nitrogen and oxygen atoms in total. The minimum Gasteiger partial charge on any atom is -0.480 e. The second kappa shape index (κ2) is 8.08. The van der Waals surface area contributed by atoms with Crippen LogP contribution in [0, 0.1) is 0 Å². The van der Waals surface area contributed by atoms with Gasteiger partial charge in [-0.15, -0.1) is 0 Å². The fraction of sp³-hybridized carbons (Fsp3) is 0.500. The van der Waals surface area contributed by atoms with Crippen LogP contribution in [0.15, 0.2) is 12.1 Å². The van der Waals surface area contributed by atoms with Gasteiger partial charge in [-0.2, -0.15) is 4.98 Å². The van der Waals surface area contributed by atoms with Gasteiger partial charge in [0.25, 0.3) is 0 Å². The second-order valence-corrected chi connectivity index (χ2v) is 4.42. The number of carboxylic acids is 1. The number of methoxy groups -OCH3 is 2. The van der Waals surface area contributed by atoms with Gasteiger partial charge in [-0.05, 0) is 18.6 Å². The molecule has 0 amide bonds. The van der Waals surface area contributed by atoms with E-state index in [1.165, 1.54) is 26.4 Å². The fourth-order valence-corrected chi connectivity index (χ4v) is 1.79. The first-order valence-electron chi connectivity index (χ1n) is 6.66. The number of hydrogen-bond donors (Lipinski definition) is 2. The molecule has 0 aliphatic carbocycles. The van der Waals surface area contributed by atoms with Crippen LogP contribution >= 0.6 is 0 Å². The molecule has 1 rings (SSSR count). The molecule has 1 aromatic heterocycles. The van der Waals surface area contributed by atoms with Crippen molar-refractivity contribution in [2.45, 2.75) is 32.2 Å². The van der Waals surface area contributed by atoms with E-state index in [9.17, 15) is 14.7 Å². The Hall–Kier alpha value is -2.31. The molecular formula is C14H20N2O5. The number of nitrogens with one attached hydrogen (secondary N) is 1. The summed E-state index contributed by atoms with van der Waals surface area (Å²) < 4.78 is 9.65. The molecule has 0 spiro atoms. The third-order valence-electron chi connectivity index (χ3n) is 2.93. The molecule has 1 heterocycles. The second-order valence-electron chi connectivity index (χ2n) is 4.42. The van der Waals surface area contributed by atoms with Gasteiger partial charge in [0.2, 0.25) is 5.88 Å². The molecule has 0 aliphatic rings. The predicted octanol–water partition coefficient (Wildman–Crippen LogP) is 1.93. The van der Waals surface area contributed by atoms with Crippen LogP contribution < -0.4 is 10.1 Å². The molecule has 0 unspecified atom stereocenters. The summed E-state index contributed by atoms with van der Waals surface area (Å²) in [6, 6.07) is 2.28. The Kier molecular flexibility index (Phi) is 6.45. The Morgan fingerprint density at radius 1 is 1.38 bits per heavy atom. The number of hydrogen-bond acceptors (Lipinski definition) is 6. The highest BCUT2D eigenvalue weighted by molar-refractivity contribution is 5.92. The molecule has 0 fully saturated rings.